The average Bonchev–Trinajstić information content (AvgIpc) is 2.37. The minimum atomic E-state index is -0.311. The van der Waals surface area contributed by atoms with Crippen LogP contribution in [0.5, 0.6) is 5.75 Å². The van der Waals surface area contributed by atoms with Crippen LogP contribution in [0.2, 0.25) is 0 Å². The van der Waals surface area contributed by atoms with Crippen LogP contribution in [0.1, 0.15) is 17.3 Å². The molecule has 0 fully saturated rings. The number of hydrogen-bond acceptors (Lipinski definition) is 4. The van der Waals surface area contributed by atoms with E-state index in [-0.39, 0.29) is 31.1 Å². The zero-order chi connectivity index (χ0) is 13.1. The lowest BCUT2D eigenvalue weighted by atomic mass is 10.1. The summed E-state index contributed by atoms with van der Waals surface area (Å²) in [6, 6.07) is 4.46. The molecule has 0 aliphatic carbocycles. The third kappa shape index (κ3) is 2.60. The van der Waals surface area contributed by atoms with Crippen molar-refractivity contribution >= 4 is 17.5 Å². The van der Waals surface area contributed by atoms with E-state index < -0.39 is 0 Å². The Hall–Kier alpha value is -2.08. The molecule has 96 valence electrons. The molecule has 1 heterocycles. The number of fused-ring (bicyclic) bond motifs is 1. The molecule has 1 atom stereocenters. The van der Waals surface area contributed by atoms with Gasteiger partial charge in [-0.25, -0.2) is 0 Å². The van der Waals surface area contributed by atoms with Crippen LogP contribution in [-0.4, -0.2) is 36.2 Å². The number of amides is 2. The van der Waals surface area contributed by atoms with Crippen LogP contribution >= 0.6 is 0 Å². The summed E-state index contributed by atoms with van der Waals surface area (Å²) in [4.78, 5) is 22.9. The van der Waals surface area contributed by atoms with Crippen LogP contribution in [0.25, 0.3) is 0 Å². The molecule has 0 bridgehead atoms. The summed E-state index contributed by atoms with van der Waals surface area (Å²) >= 11 is 0. The van der Waals surface area contributed by atoms with Gasteiger partial charge in [0.2, 0.25) is 0 Å². The van der Waals surface area contributed by atoms with E-state index in [2.05, 4.69) is 10.6 Å². The minimum absolute atomic E-state index is 0.0505. The summed E-state index contributed by atoms with van der Waals surface area (Å²) in [5.41, 5.74) is 0.975. The second-order valence-corrected chi connectivity index (χ2v) is 4.10. The molecule has 0 saturated carbocycles. The molecular weight excluding hydrogens is 236 g/mol. The van der Waals surface area contributed by atoms with Crippen molar-refractivity contribution in [2.24, 2.45) is 0 Å². The zero-order valence-corrected chi connectivity index (χ0v) is 9.90. The largest absolute Gasteiger partial charge is 0.482 e. The Labute approximate surface area is 104 Å². The molecule has 1 aromatic rings. The van der Waals surface area contributed by atoms with Gasteiger partial charge in [0, 0.05) is 11.6 Å². The first-order chi connectivity index (χ1) is 8.60. The molecule has 3 N–H and O–H groups in total. The lowest BCUT2D eigenvalue weighted by Crippen LogP contribution is -2.35. The number of benzene rings is 1. The van der Waals surface area contributed by atoms with Crippen molar-refractivity contribution in [3.05, 3.63) is 23.8 Å². The first kappa shape index (κ1) is 12.4. The lowest BCUT2D eigenvalue weighted by molar-refractivity contribution is -0.118. The SMILES string of the molecule is C[C@H](CO)NC(=O)c1ccc2c(c1)OCC(=O)N2. The van der Waals surface area contributed by atoms with Crippen molar-refractivity contribution in [3.63, 3.8) is 0 Å². The number of ether oxygens (including phenoxy) is 1. The first-order valence-electron chi connectivity index (χ1n) is 5.58. The summed E-state index contributed by atoms with van der Waals surface area (Å²) < 4.78 is 5.22. The van der Waals surface area contributed by atoms with Gasteiger partial charge in [-0.05, 0) is 25.1 Å². The van der Waals surface area contributed by atoms with E-state index in [1.54, 1.807) is 25.1 Å². The van der Waals surface area contributed by atoms with Gasteiger partial charge in [-0.2, -0.15) is 0 Å². The van der Waals surface area contributed by atoms with E-state index in [1.807, 2.05) is 0 Å². The van der Waals surface area contributed by atoms with Gasteiger partial charge in [0.1, 0.15) is 5.75 Å². The summed E-state index contributed by atoms with van der Waals surface area (Å²) in [6.07, 6.45) is 0. The van der Waals surface area contributed by atoms with Gasteiger partial charge < -0.3 is 20.5 Å². The Kier molecular flexibility index (Phi) is 3.47. The van der Waals surface area contributed by atoms with Crippen molar-refractivity contribution in [2.45, 2.75) is 13.0 Å². The quantitative estimate of drug-likeness (QED) is 0.711. The number of aliphatic hydroxyl groups excluding tert-OH is 1. The molecule has 0 saturated heterocycles. The molecule has 1 aliphatic heterocycles. The van der Waals surface area contributed by atoms with Gasteiger partial charge in [-0.3, -0.25) is 9.59 Å². The third-order valence-electron chi connectivity index (χ3n) is 2.53. The van der Waals surface area contributed by atoms with E-state index in [9.17, 15) is 9.59 Å². The highest BCUT2D eigenvalue weighted by atomic mass is 16.5. The van der Waals surface area contributed by atoms with E-state index in [0.29, 0.717) is 17.0 Å². The van der Waals surface area contributed by atoms with E-state index in [4.69, 9.17) is 9.84 Å². The van der Waals surface area contributed by atoms with Crippen molar-refractivity contribution in [3.8, 4) is 5.75 Å². The number of rotatable bonds is 3. The van der Waals surface area contributed by atoms with Crippen LogP contribution < -0.4 is 15.4 Å². The Balaban J connectivity index is 2.16. The molecule has 2 amide bonds. The standard InChI is InChI=1S/C12H14N2O4/c1-7(5-15)13-12(17)8-2-3-9-10(4-8)18-6-11(16)14-9/h2-4,7,15H,5-6H2,1H3,(H,13,17)(H,14,16)/t7-/m1/s1. The van der Waals surface area contributed by atoms with Gasteiger partial charge >= 0.3 is 0 Å². The van der Waals surface area contributed by atoms with Gasteiger partial charge in [-0.15, -0.1) is 0 Å². The molecule has 6 nitrogen and oxygen atoms in total. The number of hydrogen-bond donors (Lipinski definition) is 3. The van der Waals surface area contributed by atoms with E-state index in [1.165, 1.54) is 0 Å². The number of carbonyl (C=O) groups is 2. The molecule has 0 aromatic heterocycles. The first-order valence-corrected chi connectivity index (χ1v) is 5.58. The number of aliphatic hydroxyl groups is 1. The van der Waals surface area contributed by atoms with Crippen molar-refractivity contribution in [2.75, 3.05) is 18.5 Å². The lowest BCUT2D eigenvalue weighted by Gasteiger charge is -2.18. The fourth-order valence-corrected chi connectivity index (χ4v) is 1.57. The molecule has 18 heavy (non-hydrogen) atoms. The molecule has 0 radical (unpaired) electrons. The molecule has 1 aliphatic rings. The highest BCUT2D eigenvalue weighted by Crippen LogP contribution is 2.28. The van der Waals surface area contributed by atoms with Crippen LogP contribution in [0.4, 0.5) is 5.69 Å². The molecular formula is C12H14N2O4. The molecule has 0 unspecified atom stereocenters. The zero-order valence-electron chi connectivity index (χ0n) is 9.90. The predicted octanol–water partition coefficient (Wildman–Crippen LogP) is 0.128. The summed E-state index contributed by atoms with van der Waals surface area (Å²) in [5, 5.41) is 14.1. The minimum Gasteiger partial charge on any atom is -0.482 e. The average molecular weight is 250 g/mol. The van der Waals surface area contributed by atoms with Gasteiger partial charge in [0.05, 0.1) is 12.3 Å². The monoisotopic (exact) mass is 250 g/mol. The smallest absolute Gasteiger partial charge is 0.262 e. The Morgan fingerprint density at radius 2 is 2.39 bits per heavy atom. The van der Waals surface area contributed by atoms with Crippen LogP contribution in [0, 0.1) is 0 Å². The molecule has 0 spiro atoms. The normalized spacial score (nSPS) is 15.1. The molecule has 1 aromatic carbocycles. The molecule has 6 heteroatoms. The summed E-state index contributed by atoms with van der Waals surface area (Å²) in [6.45, 7) is 1.53. The number of nitrogens with one attached hydrogen (secondary N) is 2. The second kappa shape index (κ2) is 5.05. The van der Waals surface area contributed by atoms with Gasteiger partial charge in [-0.1, -0.05) is 0 Å². The van der Waals surface area contributed by atoms with Crippen LogP contribution in [0.15, 0.2) is 18.2 Å². The Morgan fingerprint density at radius 1 is 1.61 bits per heavy atom. The maximum Gasteiger partial charge on any atom is 0.262 e. The van der Waals surface area contributed by atoms with E-state index >= 15 is 0 Å². The van der Waals surface area contributed by atoms with E-state index in [0.717, 1.165) is 0 Å². The van der Waals surface area contributed by atoms with Crippen LogP contribution in [0.3, 0.4) is 0 Å². The molecule has 2 rings (SSSR count). The second-order valence-electron chi connectivity index (χ2n) is 4.10. The maximum atomic E-state index is 11.8. The maximum absolute atomic E-state index is 11.8. The van der Waals surface area contributed by atoms with Crippen LogP contribution in [-0.2, 0) is 4.79 Å². The number of carbonyl (C=O) groups excluding carboxylic acids is 2. The highest BCUT2D eigenvalue weighted by molar-refractivity contribution is 5.99. The van der Waals surface area contributed by atoms with Crippen molar-refractivity contribution in [1.29, 1.82) is 0 Å². The fraction of sp³-hybridized carbons (Fsp3) is 0.333. The fourth-order valence-electron chi connectivity index (χ4n) is 1.57. The van der Waals surface area contributed by atoms with Crippen molar-refractivity contribution < 1.29 is 19.4 Å². The third-order valence-corrected chi connectivity index (χ3v) is 2.53. The summed E-state index contributed by atoms with van der Waals surface area (Å²) in [7, 11) is 0. The topological polar surface area (TPSA) is 87.7 Å². The predicted molar refractivity (Wildman–Crippen MR) is 64.6 cm³/mol. The van der Waals surface area contributed by atoms with Gasteiger partial charge in [0.25, 0.3) is 11.8 Å². The summed E-state index contributed by atoms with van der Waals surface area (Å²) in [5.74, 6) is -0.0349. The van der Waals surface area contributed by atoms with Crippen molar-refractivity contribution in [1.82, 2.24) is 5.32 Å². The number of anilines is 1. The highest BCUT2D eigenvalue weighted by Gasteiger charge is 2.18. The Morgan fingerprint density at radius 3 is 3.11 bits per heavy atom. The van der Waals surface area contributed by atoms with Gasteiger partial charge in [0.15, 0.2) is 6.61 Å². The Bertz CT molecular complexity index is 487.